The van der Waals surface area contributed by atoms with Crippen LogP contribution >= 0.6 is 0 Å². The molecule has 0 atom stereocenters. The van der Waals surface area contributed by atoms with E-state index in [0.29, 0.717) is 13.0 Å². The number of ether oxygens (including phenoxy) is 1. The minimum atomic E-state index is -0.468. The maximum Gasteiger partial charge on any atom is 0.407 e. The van der Waals surface area contributed by atoms with Crippen LogP contribution in [0.15, 0.2) is 24.5 Å². The maximum absolute atomic E-state index is 11.5. The number of aryl methyl sites for hydroxylation is 1. The lowest BCUT2D eigenvalue weighted by molar-refractivity contribution is 0.0528. The lowest BCUT2D eigenvalue weighted by atomic mass is 10.2. The number of carbonyl (C=O) groups is 1. The number of nitrogens with one attached hydrogen (secondary N) is 1. The summed E-state index contributed by atoms with van der Waals surface area (Å²) in [6, 6.07) is 4.02. The molecule has 5 nitrogen and oxygen atoms in total. The van der Waals surface area contributed by atoms with Gasteiger partial charge in [-0.3, -0.25) is 0 Å². The van der Waals surface area contributed by atoms with Gasteiger partial charge in [0, 0.05) is 25.4 Å². The minimum Gasteiger partial charge on any atom is -0.444 e. The zero-order valence-electron chi connectivity index (χ0n) is 12.4. The van der Waals surface area contributed by atoms with Crippen molar-refractivity contribution in [2.75, 3.05) is 6.54 Å². The fraction of sp³-hybridized carbons (Fsp3) is 0.467. The normalized spacial score (nSPS) is 11.6. The van der Waals surface area contributed by atoms with Crippen LogP contribution < -0.4 is 5.32 Å². The second kappa shape index (κ2) is 5.53. The molecule has 2 rings (SSSR count). The molecular formula is C15H21N3O2. The van der Waals surface area contributed by atoms with Crippen LogP contribution in [0.4, 0.5) is 4.79 Å². The zero-order chi connectivity index (χ0) is 14.8. The number of fused-ring (bicyclic) bond motifs is 1. The summed E-state index contributed by atoms with van der Waals surface area (Å²) in [7, 11) is 0. The van der Waals surface area contributed by atoms with Crippen LogP contribution in [-0.2, 0) is 11.2 Å². The number of amides is 1. The molecule has 0 aliphatic heterocycles. The fourth-order valence-electron chi connectivity index (χ4n) is 1.88. The van der Waals surface area contributed by atoms with Crippen molar-refractivity contribution in [2.24, 2.45) is 0 Å². The quantitative estimate of drug-likeness (QED) is 0.937. The standard InChI is InChI=1S/C15H21N3O2/c1-11-5-6-13-17-12(10-18(13)9-11)7-8-16-14(19)20-15(2,3)4/h5-6,9-10H,7-8H2,1-4H3,(H,16,19). The fourth-order valence-corrected chi connectivity index (χ4v) is 1.88. The Morgan fingerprint density at radius 1 is 1.35 bits per heavy atom. The second-order valence-electron chi connectivity index (χ2n) is 5.88. The highest BCUT2D eigenvalue weighted by molar-refractivity contribution is 5.67. The first-order valence-electron chi connectivity index (χ1n) is 6.74. The molecule has 5 heteroatoms. The van der Waals surface area contributed by atoms with Gasteiger partial charge in [0.15, 0.2) is 0 Å². The van der Waals surface area contributed by atoms with Gasteiger partial charge in [0.05, 0.1) is 5.69 Å². The number of alkyl carbamates (subject to hydrolysis) is 1. The van der Waals surface area contributed by atoms with Crippen LogP contribution in [0.2, 0.25) is 0 Å². The highest BCUT2D eigenvalue weighted by Crippen LogP contribution is 2.08. The summed E-state index contributed by atoms with van der Waals surface area (Å²) >= 11 is 0. The van der Waals surface area contributed by atoms with E-state index in [1.165, 1.54) is 5.56 Å². The molecule has 0 spiro atoms. The van der Waals surface area contributed by atoms with E-state index in [-0.39, 0.29) is 0 Å². The Labute approximate surface area is 119 Å². The molecule has 0 bridgehead atoms. The van der Waals surface area contributed by atoms with Gasteiger partial charge in [-0.1, -0.05) is 6.07 Å². The number of hydrogen-bond donors (Lipinski definition) is 1. The van der Waals surface area contributed by atoms with Gasteiger partial charge in [-0.15, -0.1) is 0 Å². The van der Waals surface area contributed by atoms with E-state index in [2.05, 4.69) is 10.3 Å². The summed E-state index contributed by atoms with van der Waals surface area (Å²) < 4.78 is 7.17. The molecule has 0 aromatic carbocycles. The van der Waals surface area contributed by atoms with Gasteiger partial charge >= 0.3 is 6.09 Å². The SMILES string of the molecule is Cc1ccc2nc(CCNC(=O)OC(C)(C)C)cn2c1. The van der Waals surface area contributed by atoms with Crippen molar-refractivity contribution in [1.82, 2.24) is 14.7 Å². The van der Waals surface area contributed by atoms with Crippen molar-refractivity contribution in [2.45, 2.75) is 39.7 Å². The minimum absolute atomic E-state index is 0.392. The van der Waals surface area contributed by atoms with Gasteiger partial charge < -0.3 is 14.5 Å². The summed E-state index contributed by atoms with van der Waals surface area (Å²) in [5, 5.41) is 2.73. The molecule has 2 heterocycles. The average Bonchev–Trinajstić information content (AvgIpc) is 2.68. The predicted molar refractivity (Wildman–Crippen MR) is 77.9 cm³/mol. The van der Waals surface area contributed by atoms with E-state index in [9.17, 15) is 4.79 Å². The number of nitrogens with zero attached hydrogens (tertiary/aromatic N) is 2. The molecule has 0 fully saturated rings. The predicted octanol–water partition coefficient (Wildman–Crippen LogP) is 2.71. The van der Waals surface area contributed by atoms with Gasteiger partial charge in [-0.25, -0.2) is 9.78 Å². The second-order valence-corrected chi connectivity index (χ2v) is 5.88. The van der Waals surface area contributed by atoms with E-state index in [1.54, 1.807) is 0 Å². The third kappa shape index (κ3) is 3.98. The van der Waals surface area contributed by atoms with Crippen LogP contribution in [0.25, 0.3) is 5.65 Å². The Bertz CT molecular complexity index is 611. The molecule has 2 aromatic heterocycles. The summed E-state index contributed by atoms with van der Waals surface area (Å²) in [6.07, 6.45) is 4.31. The first-order chi connectivity index (χ1) is 9.33. The lowest BCUT2D eigenvalue weighted by Crippen LogP contribution is -2.33. The lowest BCUT2D eigenvalue weighted by Gasteiger charge is -2.19. The summed E-state index contributed by atoms with van der Waals surface area (Å²) in [5.41, 5.74) is 2.59. The summed E-state index contributed by atoms with van der Waals surface area (Å²) in [4.78, 5) is 16.0. The van der Waals surface area contributed by atoms with Crippen LogP contribution in [-0.4, -0.2) is 27.6 Å². The van der Waals surface area contributed by atoms with Gasteiger partial charge in [0.25, 0.3) is 0 Å². The van der Waals surface area contributed by atoms with Gasteiger partial charge in [-0.05, 0) is 39.3 Å². The molecular weight excluding hydrogens is 254 g/mol. The van der Waals surface area contributed by atoms with E-state index in [4.69, 9.17) is 4.74 Å². The molecule has 0 saturated heterocycles. The Balaban J connectivity index is 1.88. The topological polar surface area (TPSA) is 55.6 Å². The van der Waals surface area contributed by atoms with E-state index in [0.717, 1.165) is 11.3 Å². The number of carbonyl (C=O) groups excluding carboxylic acids is 1. The first kappa shape index (κ1) is 14.4. The van der Waals surface area contributed by atoms with E-state index >= 15 is 0 Å². The van der Waals surface area contributed by atoms with Crippen LogP contribution in [0.5, 0.6) is 0 Å². The number of hydrogen-bond acceptors (Lipinski definition) is 3. The molecule has 20 heavy (non-hydrogen) atoms. The van der Waals surface area contributed by atoms with Crippen molar-refractivity contribution >= 4 is 11.7 Å². The number of pyridine rings is 1. The molecule has 108 valence electrons. The van der Waals surface area contributed by atoms with Gasteiger partial charge in [0.2, 0.25) is 0 Å². The van der Waals surface area contributed by atoms with Crippen molar-refractivity contribution in [3.63, 3.8) is 0 Å². The number of imidazole rings is 1. The van der Waals surface area contributed by atoms with Gasteiger partial charge in [0.1, 0.15) is 11.2 Å². The molecule has 0 unspecified atom stereocenters. The Hall–Kier alpha value is -2.04. The van der Waals surface area contributed by atoms with Crippen LogP contribution in [0.3, 0.4) is 0 Å². The van der Waals surface area contributed by atoms with Crippen molar-refractivity contribution < 1.29 is 9.53 Å². The molecule has 0 aliphatic carbocycles. The molecule has 0 radical (unpaired) electrons. The Kier molecular flexibility index (Phi) is 3.97. The maximum atomic E-state index is 11.5. The monoisotopic (exact) mass is 275 g/mol. The highest BCUT2D eigenvalue weighted by Gasteiger charge is 2.15. The molecule has 1 amide bonds. The summed E-state index contributed by atoms with van der Waals surface area (Å²) in [6.45, 7) is 8.09. The van der Waals surface area contributed by atoms with Crippen molar-refractivity contribution in [3.05, 3.63) is 35.8 Å². The third-order valence-electron chi connectivity index (χ3n) is 2.70. The molecule has 1 N–H and O–H groups in total. The Morgan fingerprint density at radius 2 is 2.10 bits per heavy atom. The average molecular weight is 275 g/mol. The van der Waals surface area contributed by atoms with E-state index in [1.807, 2.05) is 56.6 Å². The Morgan fingerprint density at radius 3 is 2.80 bits per heavy atom. The van der Waals surface area contributed by atoms with Crippen LogP contribution in [0, 0.1) is 6.92 Å². The molecule has 0 aliphatic rings. The smallest absolute Gasteiger partial charge is 0.407 e. The summed E-state index contributed by atoms with van der Waals surface area (Å²) in [5.74, 6) is 0. The third-order valence-corrected chi connectivity index (χ3v) is 2.70. The van der Waals surface area contributed by atoms with Crippen molar-refractivity contribution in [3.8, 4) is 0 Å². The number of aromatic nitrogens is 2. The zero-order valence-corrected chi connectivity index (χ0v) is 12.4. The van der Waals surface area contributed by atoms with E-state index < -0.39 is 11.7 Å². The molecule has 2 aromatic rings. The van der Waals surface area contributed by atoms with Crippen LogP contribution in [0.1, 0.15) is 32.0 Å². The molecule has 0 saturated carbocycles. The highest BCUT2D eigenvalue weighted by atomic mass is 16.6. The van der Waals surface area contributed by atoms with Crippen molar-refractivity contribution in [1.29, 1.82) is 0 Å². The first-order valence-corrected chi connectivity index (χ1v) is 6.74. The largest absolute Gasteiger partial charge is 0.444 e. The number of rotatable bonds is 3. The van der Waals surface area contributed by atoms with Gasteiger partial charge in [-0.2, -0.15) is 0 Å².